The van der Waals surface area contributed by atoms with Gasteiger partial charge in [0.2, 0.25) is 0 Å². The number of aromatic hydroxyl groups is 1. The first kappa shape index (κ1) is 14.3. The fourth-order valence-electron chi connectivity index (χ4n) is 1.87. The fourth-order valence-corrected chi connectivity index (χ4v) is 2.05. The molecule has 0 saturated carbocycles. The number of amides is 1. The van der Waals surface area contributed by atoms with Crippen LogP contribution >= 0.6 is 11.6 Å². The van der Waals surface area contributed by atoms with Crippen LogP contribution in [0, 0.1) is 0 Å². The van der Waals surface area contributed by atoms with Crippen molar-refractivity contribution in [2.45, 2.75) is 19.9 Å². The van der Waals surface area contributed by atoms with E-state index in [1.807, 2.05) is 19.1 Å². The summed E-state index contributed by atoms with van der Waals surface area (Å²) < 4.78 is 0. The molecular formula is C15H15ClN2O2. The van der Waals surface area contributed by atoms with Crippen molar-refractivity contribution in [3.05, 3.63) is 58.4 Å². The van der Waals surface area contributed by atoms with Gasteiger partial charge in [0.25, 0.3) is 5.91 Å². The van der Waals surface area contributed by atoms with Crippen LogP contribution in [0.25, 0.3) is 0 Å². The van der Waals surface area contributed by atoms with Crippen LogP contribution in [-0.4, -0.2) is 16.0 Å². The second kappa shape index (κ2) is 6.39. The molecular weight excluding hydrogens is 276 g/mol. The largest absolute Gasteiger partial charge is 0.506 e. The van der Waals surface area contributed by atoms with Gasteiger partial charge in [0.1, 0.15) is 5.75 Å². The molecule has 0 spiro atoms. The normalized spacial score (nSPS) is 10.3. The van der Waals surface area contributed by atoms with E-state index in [2.05, 4.69) is 10.3 Å². The maximum Gasteiger partial charge on any atom is 0.251 e. The van der Waals surface area contributed by atoms with Crippen molar-refractivity contribution in [1.29, 1.82) is 0 Å². The average Bonchev–Trinajstić information content (AvgIpc) is 2.47. The van der Waals surface area contributed by atoms with Gasteiger partial charge >= 0.3 is 0 Å². The molecule has 0 unspecified atom stereocenters. The standard InChI is InChI=1S/C15H15ClN2O2/c1-2-10-4-3-7-17-13(10)9-18-15(20)11-5-6-14(19)12(16)8-11/h3-8,19H,2,9H2,1H3,(H,18,20). The van der Waals surface area contributed by atoms with Crippen LogP contribution in [0.2, 0.25) is 5.02 Å². The summed E-state index contributed by atoms with van der Waals surface area (Å²) in [5, 5.41) is 12.3. The van der Waals surface area contributed by atoms with Crippen LogP contribution in [0.4, 0.5) is 0 Å². The Bertz CT molecular complexity index is 629. The Hall–Kier alpha value is -2.07. The van der Waals surface area contributed by atoms with Crippen molar-refractivity contribution in [3.63, 3.8) is 0 Å². The number of rotatable bonds is 4. The van der Waals surface area contributed by atoms with Gasteiger partial charge in [-0.2, -0.15) is 0 Å². The first-order valence-corrected chi connectivity index (χ1v) is 6.69. The molecule has 0 aliphatic heterocycles. The van der Waals surface area contributed by atoms with Crippen LogP contribution in [0.1, 0.15) is 28.5 Å². The van der Waals surface area contributed by atoms with Crippen molar-refractivity contribution in [2.24, 2.45) is 0 Å². The highest BCUT2D eigenvalue weighted by Crippen LogP contribution is 2.23. The molecule has 4 nitrogen and oxygen atoms in total. The Morgan fingerprint density at radius 2 is 2.20 bits per heavy atom. The molecule has 0 bridgehead atoms. The minimum atomic E-state index is -0.250. The number of halogens is 1. The number of phenolic OH excluding ortho intramolecular Hbond substituents is 1. The van der Waals surface area contributed by atoms with E-state index in [0.717, 1.165) is 17.7 Å². The predicted molar refractivity (Wildman–Crippen MR) is 77.9 cm³/mol. The van der Waals surface area contributed by atoms with Crippen LogP contribution in [0.3, 0.4) is 0 Å². The summed E-state index contributed by atoms with van der Waals surface area (Å²) in [5.41, 5.74) is 2.37. The zero-order valence-electron chi connectivity index (χ0n) is 11.1. The molecule has 1 aromatic heterocycles. The molecule has 1 aromatic carbocycles. The summed E-state index contributed by atoms with van der Waals surface area (Å²) in [7, 11) is 0. The minimum Gasteiger partial charge on any atom is -0.506 e. The predicted octanol–water partition coefficient (Wildman–Crippen LogP) is 2.93. The van der Waals surface area contributed by atoms with E-state index in [4.69, 9.17) is 11.6 Å². The first-order chi connectivity index (χ1) is 9.61. The molecule has 104 valence electrons. The summed E-state index contributed by atoms with van der Waals surface area (Å²) in [6, 6.07) is 8.23. The topological polar surface area (TPSA) is 62.2 Å². The number of benzene rings is 1. The third-order valence-electron chi connectivity index (χ3n) is 2.99. The Morgan fingerprint density at radius 3 is 2.90 bits per heavy atom. The molecule has 0 atom stereocenters. The number of carbonyl (C=O) groups excluding carboxylic acids is 1. The highest BCUT2D eigenvalue weighted by atomic mass is 35.5. The number of hydrogen-bond acceptors (Lipinski definition) is 3. The lowest BCUT2D eigenvalue weighted by Gasteiger charge is -2.08. The third kappa shape index (κ3) is 3.27. The number of nitrogens with one attached hydrogen (secondary N) is 1. The lowest BCUT2D eigenvalue weighted by Crippen LogP contribution is -2.23. The van der Waals surface area contributed by atoms with E-state index in [1.54, 1.807) is 6.20 Å². The van der Waals surface area contributed by atoms with Crippen LogP contribution in [0.15, 0.2) is 36.5 Å². The highest BCUT2D eigenvalue weighted by Gasteiger charge is 2.09. The van der Waals surface area contributed by atoms with Crippen molar-refractivity contribution in [2.75, 3.05) is 0 Å². The number of pyridine rings is 1. The van der Waals surface area contributed by atoms with Crippen LogP contribution < -0.4 is 5.32 Å². The highest BCUT2D eigenvalue weighted by molar-refractivity contribution is 6.32. The van der Waals surface area contributed by atoms with Crippen molar-refractivity contribution in [1.82, 2.24) is 10.3 Å². The van der Waals surface area contributed by atoms with E-state index < -0.39 is 0 Å². The van der Waals surface area contributed by atoms with Gasteiger partial charge in [-0.25, -0.2) is 0 Å². The summed E-state index contributed by atoms with van der Waals surface area (Å²) >= 11 is 5.78. The SMILES string of the molecule is CCc1cccnc1CNC(=O)c1ccc(O)c(Cl)c1. The second-order valence-electron chi connectivity index (χ2n) is 4.31. The molecule has 2 N–H and O–H groups in total. The molecule has 1 heterocycles. The van der Waals surface area contributed by atoms with E-state index in [0.29, 0.717) is 12.1 Å². The lowest BCUT2D eigenvalue weighted by molar-refractivity contribution is 0.0950. The monoisotopic (exact) mass is 290 g/mol. The zero-order valence-corrected chi connectivity index (χ0v) is 11.8. The van der Waals surface area contributed by atoms with E-state index in [9.17, 15) is 9.90 Å². The first-order valence-electron chi connectivity index (χ1n) is 6.31. The van der Waals surface area contributed by atoms with Gasteiger partial charge in [0, 0.05) is 11.8 Å². The molecule has 0 saturated heterocycles. The van der Waals surface area contributed by atoms with E-state index >= 15 is 0 Å². The number of phenols is 1. The number of carbonyl (C=O) groups is 1. The summed E-state index contributed by atoms with van der Waals surface area (Å²) in [5.74, 6) is -0.291. The Labute approximate surface area is 122 Å². The lowest BCUT2D eigenvalue weighted by atomic mass is 10.1. The van der Waals surface area contributed by atoms with Gasteiger partial charge in [0.15, 0.2) is 0 Å². The Morgan fingerprint density at radius 1 is 1.40 bits per heavy atom. The Balaban J connectivity index is 2.06. The van der Waals surface area contributed by atoms with Gasteiger partial charge in [-0.3, -0.25) is 9.78 Å². The summed E-state index contributed by atoms with van der Waals surface area (Å²) in [4.78, 5) is 16.3. The second-order valence-corrected chi connectivity index (χ2v) is 4.72. The summed E-state index contributed by atoms with van der Waals surface area (Å²) in [6.45, 7) is 2.41. The number of hydrogen-bond donors (Lipinski definition) is 2. The molecule has 20 heavy (non-hydrogen) atoms. The maximum absolute atomic E-state index is 12.0. The molecule has 0 fully saturated rings. The van der Waals surface area contributed by atoms with Crippen molar-refractivity contribution < 1.29 is 9.90 Å². The van der Waals surface area contributed by atoms with Crippen molar-refractivity contribution >= 4 is 17.5 Å². The number of aryl methyl sites for hydroxylation is 1. The minimum absolute atomic E-state index is 0.0405. The molecule has 2 rings (SSSR count). The zero-order chi connectivity index (χ0) is 14.5. The van der Waals surface area contributed by atoms with E-state index in [-0.39, 0.29) is 16.7 Å². The van der Waals surface area contributed by atoms with E-state index in [1.165, 1.54) is 18.2 Å². The maximum atomic E-state index is 12.0. The number of aromatic nitrogens is 1. The molecule has 0 aliphatic carbocycles. The van der Waals surface area contributed by atoms with Gasteiger partial charge in [-0.15, -0.1) is 0 Å². The van der Waals surface area contributed by atoms with Gasteiger partial charge in [-0.1, -0.05) is 24.6 Å². The quantitative estimate of drug-likeness (QED) is 0.910. The van der Waals surface area contributed by atoms with Gasteiger partial charge < -0.3 is 10.4 Å². The molecule has 0 radical (unpaired) electrons. The van der Waals surface area contributed by atoms with Crippen LogP contribution in [0.5, 0.6) is 5.75 Å². The van der Waals surface area contributed by atoms with Gasteiger partial charge in [-0.05, 0) is 36.2 Å². The summed E-state index contributed by atoms with van der Waals surface area (Å²) in [6.07, 6.45) is 2.57. The van der Waals surface area contributed by atoms with Crippen LogP contribution in [-0.2, 0) is 13.0 Å². The third-order valence-corrected chi connectivity index (χ3v) is 3.29. The molecule has 1 amide bonds. The Kier molecular flexibility index (Phi) is 4.58. The average molecular weight is 291 g/mol. The fraction of sp³-hybridized carbons (Fsp3) is 0.200. The molecule has 2 aromatic rings. The molecule has 0 aliphatic rings. The molecule has 5 heteroatoms. The smallest absolute Gasteiger partial charge is 0.251 e. The van der Waals surface area contributed by atoms with Crippen molar-refractivity contribution in [3.8, 4) is 5.75 Å². The number of nitrogens with zero attached hydrogens (tertiary/aromatic N) is 1. The van der Waals surface area contributed by atoms with Gasteiger partial charge in [0.05, 0.1) is 17.3 Å².